The summed E-state index contributed by atoms with van der Waals surface area (Å²) >= 11 is 9.43. The first-order chi connectivity index (χ1) is 6.16. The van der Waals surface area contributed by atoms with E-state index in [0.29, 0.717) is 6.04 Å². The van der Waals surface area contributed by atoms with Gasteiger partial charge in [0, 0.05) is 10.5 Å². The summed E-state index contributed by atoms with van der Waals surface area (Å²) in [5.41, 5.74) is 8.59. The van der Waals surface area contributed by atoms with Crippen LogP contribution in [0.25, 0.3) is 0 Å². The largest absolute Gasteiger partial charge is 0.327 e. The van der Waals surface area contributed by atoms with Crippen molar-refractivity contribution in [2.24, 2.45) is 5.73 Å². The smallest absolute Gasteiger partial charge is 0.0551 e. The molecule has 0 radical (unpaired) electrons. The van der Waals surface area contributed by atoms with Crippen molar-refractivity contribution in [3.8, 4) is 0 Å². The summed E-state index contributed by atoms with van der Waals surface area (Å²) in [5, 5.41) is 0.800. The maximum Gasteiger partial charge on any atom is 0.0551 e. The van der Waals surface area contributed by atoms with Crippen molar-refractivity contribution < 1.29 is 0 Å². The molecule has 1 nitrogen and oxygen atoms in total. The van der Waals surface area contributed by atoms with Gasteiger partial charge in [-0.2, -0.15) is 0 Å². The second kappa shape index (κ2) is 3.60. The minimum atomic E-state index is 0.320. The highest BCUT2D eigenvalue weighted by molar-refractivity contribution is 9.10. The van der Waals surface area contributed by atoms with Gasteiger partial charge in [0.05, 0.1) is 5.02 Å². The molecular weight excluding hydrogens is 249 g/mol. The lowest BCUT2D eigenvalue weighted by Gasteiger charge is -2.21. The van der Waals surface area contributed by atoms with E-state index in [1.54, 1.807) is 0 Å². The highest BCUT2D eigenvalue weighted by Crippen LogP contribution is 2.30. The molecule has 13 heavy (non-hydrogen) atoms. The molecule has 2 N–H and O–H groups in total. The molecule has 0 aromatic heterocycles. The molecule has 1 atom stereocenters. The Balaban J connectivity index is 2.43. The van der Waals surface area contributed by atoms with Gasteiger partial charge in [-0.25, -0.2) is 0 Å². The molecule has 0 amide bonds. The van der Waals surface area contributed by atoms with Crippen molar-refractivity contribution in [1.29, 1.82) is 0 Å². The van der Waals surface area contributed by atoms with Crippen LogP contribution < -0.4 is 5.73 Å². The molecule has 0 aliphatic heterocycles. The van der Waals surface area contributed by atoms with Crippen LogP contribution in [0.3, 0.4) is 0 Å². The summed E-state index contributed by atoms with van der Waals surface area (Å²) in [6, 6.07) is 4.46. The molecule has 1 aromatic rings. The zero-order valence-corrected chi connectivity index (χ0v) is 9.53. The van der Waals surface area contributed by atoms with Gasteiger partial charge in [-0.15, -0.1) is 0 Å². The van der Waals surface area contributed by atoms with Crippen LogP contribution in [0.5, 0.6) is 0 Å². The number of fused-ring (bicyclic) bond motifs is 1. The molecule has 2 rings (SSSR count). The lowest BCUT2D eigenvalue weighted by Crippen LogP contribution is -2.27. The van der Waals surface area contributed by atoms with Crippen molar-refractivity contribution >= 4 is 27.5 Å². The third-order valence-corrected chi connectivity index (χ3v) is 3.71. The molecule has 0 heterocycles. The Bertz CT molecular complexity index is 338. The monoisotopic (exact) mass is 259 g/mol. The zero-order chi connectivity index (χ0) is 9.42. The Hall–Kier alpha value is -0.0500. The first-order valence-electron chi connectivity index (χ1n) is 4.39. The topological polar surface area (TPSA) is 26.0 Å². The molecular formula is C10H11BrClN. The Morgan fingerprint density at radius 1 is 1.38 bits per heavy atom. The molecule has 0 bridgehead atoms. The fraction of sp³-hybridized carbons (Fsp3) is 0.400. The average molecular weight is 261 g/mol. The third-order valence-electron chi connectivity index (χ3n) is 2.51. The molecule has 0 saturated carbocycles. The van der Waals surface area contributed by atoms with Crippen LogP contribution in [0, 0.1) is 0 Å². The standard InChI is InChI=1S/C10H11BrClN/c11-9-4-7-3-8(13)2-1-6(7)5-10(9)12/h4-5,8H,1-3,13H2/t8-/m0/s1. The summed E-state index contributed by atoms with van der Waals surface area (Å²) in [5.74, 6) is 0. The minimum absolute atomic E-state index is 0.320. The number of aryl methyl sites for hydroxylation is 1. The van der Waals surface area contributed by atoms with E-state index < -0.39 is 0 Å². The van der Waals surface area contributed by atoms with Crippen molar-refractivity contribution in [2.75, 3.05) is 0 Å². The van der Waals surface area contributed by atoms with Crippen LogP contribution in [-0.4, -0.2) is 6.04 Å². The van der Waals surface area contributed by atoms with Gasteiger partial charge in [-0.3, -0.25) is 0 Å². The highest BCUT2D eigenvalue weighted by Gasteiger charge is 2.16. The van der Waals surface area contributed by atoms with Gasteiger partial charge in [0.15, 0.2) is 0 Å². The van der Waals surface area contributed by atoms with Crippen LogP contribution >= 0.6 is 27.5 Å². The lowest BCUT2D eigenvalue weighted by molar-refractivity contribution is 0.576. The lowest BCUT2D eigenvalue weighted by atomic mass is 9.89. The number of hydrogen-bond acceptors (Lipinski definition) is 1. The molecule has 3 heteroatoms. The second-order valence-corrected chi connectivity index (χ2v) is 4.80. The molecule has 0 spiro atoms. The van der Waals surface area contributed by atoms with Gasteiger partial charge in [-0.1, -0.05) is 11.6 Å². The van der Waals surface area contributed by atoms with Crippen molar-refractivity contribution in [2.45, 2.75) is 25.3 Å². The predicted molar refractivity (Wildman–Crippen MR) is 59.2 cm³/mol. The molecule has 1 aromatic carbocycles. The highest BCUT2D eigenvalue weighted by atomic mass is 79.9. The second-order valence-electron chi connectivity index (χ2n) is 3.54. The van der Waals surface area contributed by atoms with Gasteiger partial charge >= 0.3 is 0 Å². The van der Waals surface area contributed by atoms with E-state index >= 15 is 0 Å². The first-order valence-corrected chi connectivity index (χ1v) is 5.56. The molecule has 1 aliphatic rings. The maximum atomic E-state index is 6.00. The van der Waals surface area contributed by atoms with Gasteiger partial charge in [-0.05, 0) is 58.5 Å². The summed E-state index contributed by atoms with van der Waals surface area (Å²) in [6.07, 6.45) is 3.11. The number of benzene rings is 1. The maximum absolute atomic E-state index is 6.00. The van der Waals surface area contributed by atoms with E-state index in [9.17, 15) is 0 Å². The number of halogens is 2. The van der Waals surface area contributed by atoms with E-state index in [1.807, 2.05) is 6.07 Å². The molecule has 0 fully saturated rings. The average Bonchev–Trinajstić information content (AvgIpc) is 2.08. The Morgan fingerprint density at radius 2 is 2.15 bits per heavy atom. The molecule has 70 valence electrons. The quantitative estimate of drug-likeness (QED) is 0.763. The van der Waals surface area contributed by atoms with Crippen LogP contribution in [-0.2, 0) is 12.8 Å². The molecule has 0 saturated heterocycles. The third kappa shape index (κ3) is 1.90. The van der Waals surface area contributed by atoms with E-state index in [2.05, 4.69) is 22.0 Å². The van der Waals surface area contributed by atoms with Crippen molar-refractivity contribution in [3.63, 3.8) is 0 Å². The van der Waals surface area contributed by atoms with Crippen LogP contribution in [0.15, 0.2) is 16.6 Å². The summed E-state index contributed by atoms with van der Waals surface area (Å²) in [4.78, 5) is 0. The summed E-state index contributed by atoms with van der Waals surface area (Å²) in [6.45, 7) is 0. The van der Waals surface area contributed by atoms with Crippen LogP contribution in [0.2, 0.25) is 5.02 Å². The number of rotatable bonds is 0. The zero-order valence-electron chi connectivity index (χ0n) is 7.19. The Labute approximate surface area is 91.4 Å². The SMILES string of the molecule is N[C@H]1CCc2cc(Cl)c(Br)cc2C1. The fourth-order valence-electron chi connectivity index (χ4n) is 1.78. The Kier molecular flexibility index (Phi) is 2.63. The van der Waals surface area contributed by atoms with Gasteiger partial charge in [0.1, 0.15) is 0 Å². The number of hydrogen-bond donors (Lipinski definition) is 1. The van der Waals surface area contributed by atoms with E-state index in [1.165, 1.54) is 11.1 Å². The van der Waals surface area contributed by atoms with Crippen molar-refractivity contribution in [1.82, 2.24) is 0 Å². The fourth-order valence-corrected chi connectivity index (χ4v) is 2.35. The predicted octanol–water partition coefficient (Wildman–Crippen LogP) is 2.92. The molecule has 1 aliphatic carbocycles. The minimum Gasteiger partial charge on any atom is -0.327 e. The Morgan fingerprint density at radius 3 is 2.92 bits per heavy atom. The van der Waals surface area contributed by atoms with Gasteiger partial charge in [0.25, 0.3) is 0 Å². The van der Waals surface area contributed by atoms with Crippen LogP contribution in [0.4, 0.5) is 0 Å². The first kappa shape index (κ1) is 9.50. The number of nitrogens with two attached hydrogens (primary N) is 1. The van der Waals surface area contributed by atoms with Gasteiger partial charge < -0.3 is 5.73 Å². The van der Waals surface area contributed by atoms with E-state index in [-0.39, 0.29) is 0 Å². The summed E-state index contributed by atoms with van der Waals surface area (Å²) in [7, 11) is 0. The van der Waals surface area contributed by atoms with Gasteiger partial charge in [0.2, 0.25) is 0 Å². The van der Waals surface area contributed by atoms with Crippen molar-refractivity contribution in [3.05, 3.63) is 32.8 Å². The van der Waals surface area contributed by atoms with Crippen LogP contribution in [0.1, 0.15) is 17.5 Å². The normalized spacial score (nSPS) is 21.3. The summed E-state index contributed by atoms with van der Waals surface area (Å²) < 4.78 is 0.974. The van der Waals surface area contributed by atoms with E-state index in [4.69, 9.17) is 17.3 Å². The molecule has 0 unspecified atom stereocenters. The van der Waals surface area contributed by atoms with E-state index in [0.717, 1.165) is 28.8 Å².